The molecule has 1 aliphatic rings. The normalized spacial score (nSPS) is 14.2. The van der Waals surface area contributed by atoms with E-state index in [9.17, 15) is 4.79 Å². The molecule has 0 radical (unpaired) electrons. The second-order valence-electron chi connectivity index (χ2n) is 8.29. The fourth-order valence-corrected chi connectivity index (χ4v) is 4.16. The maximum absolute atomic E-state index is 13.2. The summed E-state index contributed by atoms with van der Waals surface area (Å²) in [6.45, 7) is 7.65. The molecule has 0 saturated carbocycles. The number of rotatable bonds is 7. The average Bonchev–Trinajstić information content (AvgIpc) is 3.30. The van der Waals surface area contributed by atoms with Crippen molar-refractivity contribution < 1.29 is 4.79 Å². The second kappa shape index (κ2) is 10.2. The lowest BCUT2D eigenvalue weighted by atomic mass is 10.1. The van der Waals surface area contributed by atoms with Crippen molar-refractivity contribution in [3.63, 3.8) is 0 Å². The number of piperazine rings is 1. The van der Waals surface area contributed by atoms with Crippen LogP contribution >= 0.6 is 0 Å². The van der Waals surface area contributed by atoms with Crippen molar-refractivity contribution in [2.75, 3.05) is 49.1 Å². The summed E-state index contributed by atoms with van der Waals surface area (Å²) in [6, 6.07) is 18.1. The molecule has 0 atom stereocenters. The molecule has 0 bridgehead atoms. The number of nitrogens with zero attached hydrogens (tertiary/aromatic N) is 8. The number of tetrazole rings is 1. The fourth-order valence-electron chi connectivity index (χ4n) is 4.16. The molecule has 33 heavy (non-hydrogen) atoms. The highest BCUT2D eigenvalue weighted by Gasteiger charge is 2.25. The lowest BCUT2D eigenvalue weighted by Gasteiger charge is -2.35. The molecule has 1 aliphatic heterocycles. The standard InChI is InChI=1S/C24H28N8O/c1-19-15-20(2)17-22(16-19)31(10-6-9-25)23(33)18-29-11-13-30(14-12-29)24-26-27-28-32(24)21-7-4-3-5-8-21/h3-5,7-8,15-17H,6,10-14,18H2,1-2H3. The van der Waals surface area contributed by atoms with Crippen molar-refractivity contribution in [3.8, 4) is 11.8 Å². The molecule has 2 aromatic carbocycles. The van der Waals surface area contributed by atoms with Crippen molar-refractivity contribution in [2.45, 2.75) is 20.3 Å². The zero-order chi connectivity index (χ0) is 23.2. The number of aryl methyl sites for hydroxylation is 2. The highest BCUT2D eigenvalue weighted by atomic mass is 16.2. The fraction of sp³-hybridized carbons (Fsp3) is 0.375. The Balaban J connectivity index is 1.40. The van der Waals surface area contributed by atoms with Gasteiger partial charge in [-0.25, -0.2) is 0 Å². The molecule has 4 rings (SSSR count). The van der Waals surface area contributed by atoms with Gasteiger partial charge in [0.25, 0.3) is 0 Å². The first-order valence-corrected chi connectivity index (χ1v) is 11.1. The van der Waals surface area contributed by atoms with Crippen molar-refractivity contribution in [1.29, 1.82) is 5.26 Å². The van der Waals surface area contributed by atoms with Gasteiger partial charge in [-0.05, 0) is 59.7 Å². The Morgan fingerprint density at radius 3 is 2.42 bits per heavy atom. The maximum Gasteiger partial charge on any atom is 0.250 e. The van der Waals surface area contributed by atoms with E-state index >= 15 is 0 Å². The van der Waals surface area contributed by atoms with E-state index in [0.717, 1.165) is 48.7 Å². The molecule has 0 aliphatic carbocycles. The minimum absolute atomic E-state index is 0.0119. The van der Waals surface area contributed by atoms with E-state index in [4.69, 9.17) is 5.26 Å². The molecule has 0 unspecified atom stereocenters. The largest absolute Gasteiger partial charge is 0.337 e. The topological polar surface area (TPSA) is 94.2 Å². The molecule has 1 fully saturated rings. The van der Waals surface area contributed by atoms with E-state index in [1.54, 1.807) is 9.58 Å². The number of nitriles is 1. The van der Waals surface area contributed by atoms with E-state index in [0.29, 0.717) is 25.5 Å². The van der Waals surface area contributed by atoms with E-state index in [2.05, 4.69) is 37.5 Å². The van der Waals surface area contributed by atoms with Gasteiger partial charge < -0.3 is 9.80 Å². The Hall–Kier alpha value is -3.77. The molecule has 1 saturated heterocycles. The molecule has 170 valence electrons. The van der Waals surface area contributed by atoms with Gasteiger partial charge >= 0.3 is 0 Å². The highest BCUT2D eigenvalue weighted by Crippen LogP contribution is 2.21. The molecule has 1 amide bonds. The molecule has 1 aromatic heterocycles. The van der Waals surface area contributed by atoms with Crippen molar-refractivity contribution in [3.05, 3.63) is 59.7 Å². The van der Waals surface area contributed by atoms with Crippen molar-refractivity contribution in [1.82, 2.24) is 25.1 Å². The number of carbonyl (C=O) groups excluding carboxylic acids is 1. The van der Waals surface area contributed by atoms with E-state index < -0.39 is 0 Å². The molecule has 0 spiro atoms. The van der Waals surface area contributed by atoms with Gasteiger partial charge in [-0.1, -0.05) is 29.4 Å². The predicted octanol–water partition coefficient (Wildman–Crippen LogP) is 2.35. The molecular formula is C24H28N8O. The summed E-state index contributed by atoms with van der Waals surface area (Å²) < 4.78 is 1.74. The first-order chi connectivity index (χ1) is 16.0. The van der Waals surface area contributed by atoms with Gasteiger partial charge in [0, 0.05) is 38.4 Å². The van der Waals surface area contributed by atoms with Crippen LogP contribution in [0.25, 0.3) is 5.69 Å². The molecule has 3 aromatic rings. The van der Waals surface area contributed by atoms with Gasteiger partial charge in [0.15, 0.2) is 0 Å². The van der Waals surface area contributed by atoms with Crippen LogP contribution in [-0.2, 0) is 4.79 Å². The summed E-state index contributed by atoms with van der Waals surface area (Å²) in [5.41, 5.74) is 3.97. The third-order valence-corrected chi connectivity index (χ3v) is 5.73. The first-order valence-electron chi connectivity index (χ1n) is 11.1. The second-order valence-corrected chi connectivity index (χ2v) is 8.29. The van der Waals surface area contributed by atoms with Crippen LogP contribution in [-0.4, -0.2) is 70.3 Å². The van der Waals surface area contributed by atoms with Crippen LogP contribution in [0.1, 0.15) is 17.5 Å². The third-order valence-electron chi connectivity index (χ3n) is 5.73. The smallest absolute Gasteiger partial charge is 0.250 e. The lowest BCUT2D eigenvalue weighted by molar-refractivity contribution is -0.119. The molecule has 9 nitrogen and oxygen atoms in total. The lowest BCUT2D eigenvalue weighted by Crippen LogP contribution is -2.51. The van der Waals surface area contributed by atoms with Crippen LogP contribution in [0.15, 0.2) is 48.5 Å². The third kappa shape index (κ3) is 5.35. The molecule has 2 heterocycles. The Bertz CT molecular complexity index is 1110. The first kappa shape index (κ1) is 22.4. The Kier molecular flexibility index (Phi) is 6.95. The Morgan fingerprint density at radius 1 is 1.06 bits per heavy atom. The molecule has 0 N–H and O–H groups in total. The van der Waals surface area contributed by atoms with Crippen LogP contribution in [0.5, 0.6) is 0 Å². The van der Waals surface area contributed by atoms with Gasteiger partial charge in [-0.3, -0.25) is 9.69 Å². The number of carbonyl (C=O) groups is 1. The summed E-state index contributed by atoms with van der Waals surface area (Å²) in [5, 5.41) is 21.3. The Labute approximate surface area is 193 Å². The van der Waals surface area contributed by atoms with Crippen molar-refractivity contribution >= 4 is 17.5 Å². The number of hydrogen-bond donors (Lipinski definition) is 0. The molecular weight excluding hydrogens is 416 g/mol. The summed E-state index contributed by atoms with van der Waals surface area (Å²) in [6.07, 6.45) is 0.300. The van der Waals surface area contributed by atoms with Crippen LogP contribution in [0.2, 0.25) is 0 Å². The number of benzene rings is 2. The number of anilines is 2. The van der Waals surface area contributed by atoms with Gasteiger partial charge in [0.05, 0.1) is 24.7 Å². The number of hydrogen-bond acceptors (Lipinski definition) is 7. The van der Waals surface area contributed by atoms with Crippen LogP contribution in [0.3, 0.4) is 0 Å². The summed E-state index contributed by atoms with van der Waals surface area (Å²) >= 11 is 0. The average molecular weight is 445 g/mol. The SMILES string of the molecule is Cc1cc(C)cc(N(CCC#N)C(=O)CN2CCN(c3nnnn3-c3ccccc3)CC2)c1. The zero-order valence-electron chi connectivity index (χ0n) is 19.1. The van der Waals surface area contributed by atoms with E-state index in [-0.39, 0.29) is 5.91 Å². The van der Waals surface area contributed by atoms with Gasteiger partial charge in [0.1, 0.15) is 0 Å². The van der Waals surface area contributed by atoms with Gasteiger partial charge in [0.2, 0.25) is 11.9 Å². The van der Waals surface area contributed by atoms with Gasteiger partial charge in [-0.2, -0.15) is 9.94 Å². The summed E-state index contributed by atoms with van der Waals surface area (Å²) in [7, 11) is 0. The number of aromatic nitrogens is 4. The molecule has 9 heteroatoms. The van der Waals surface area contributed by atoms with Gasteiger partial charge in [-0.15, -0.1) is 0 Å². The zero-order valence-corrected chi connectivity index (χ0v) is 19.1. The van der Waals surface area contributed by atoms with Crippen LogP contribution in [0.4, 0.5) is 11.6 Å². The van der Waals surface area contributed by atoms with Crippen molar-refractivity contribution in [2.24, 2.45) is 0 Å². The maximum atomic E-state index is 13.2. The van der Waals surface area contributed by atoms with Crippen LogP contribution in [0, 0.1) is 25.2 Å². The van der Waals surface area contributed by atoms with E-state index in [1.165, 1.54) is 0 Å². The minimum atomic E-state index is 0.0119. The predicted molar refractivity (Wildman–Crippen MR) is 126 cm³/mol. The van der Waals surface area contributed by atoms with E-state index in [1.807, 2.05) is 56.3 Å². The quantitative estimate of drug-likeness (QED) is 0.552. The van der Waals surface area contributed by atoms with Crippen LogP contribution < -0.4 is 9.80 Å². The summed E-state index contributed by atoms with van der Waals surface area (Å²) in [4.78, 5) is 19.3. The summed E-state index contributed by atoms with van der Waals surface area (Å²) in [5.74, 6) is 0.718. The Morgan fingerprint density at radius 2 is 1.76 bits per heavy atom. The minimum Gasteiger partial charge on any atom is -0.337 e. The number of para-hydroxylation sites is 1. The monoisotopic (exact) mass is 444 g/mol. The number of amides is 1. The highest BCUT2D eigenvalue weighted by molar-refractivity contribution is 5.95.